The van der Waals surface area contributed by atoms with Gasteiger partial charge >= 0.3 is 0 Å². The Morgan fingerprint density at radius 1 is 1.14 bits per heavy atom. The fourth-order valence-electron chi connectivity index (χ4n) is 3.51. The van der Waals surface area contributed by atoms with Crippen LogP contribution in [-0.4, -0.2) is 36.2 Å². The van der Waals surface area contributed by atoms with E-state index in [9.17, 15) is 13.2 Å². The first-order valence-corrected chi connectivity index (χ1v) is 12.4. The number of nitrogens with zero attached hydrogens (tertiary/aromatic N) is 3. The molecule has 4 aromatic rings. The van der Waals surface area contributed by atoms with E-state index in [1.807, 2.05) is 32.9 Å². The number of anilines is 1. The average Bonchev–Trinajstić information content (AvgIpc) is 3.14. The van der Waals surface area contributed by atoms with Crippen LogP contribution in [0.4, 0.5) is 5.69 Å². The molecule has 0 saturated heterocycles. The zero-order chi connectivity index (χ0) is 25.5. The summed E-state index contributed by atoms with van der Waals surface area (Å²) >= 11 is 6.03. The highest BCUT2D eigenvalue weighted by Gasteiger charge is 2.29. The Morgan fingerprint density at radius 3 is 2.49 bits per heavy atom. The Hall–Kier alpha value is -3.63. The zero-order valence-corrected chi connectivity index (χ0v) is 21.1. The molecule has 2 aromatic heterocycles. The fourth-order valence-corrected chi connectivity index (χ4v) is 4.81. The number of fused-ring (bicyclic) bond motifs is 1. The molecule has 4 rings (SSSR count). The summed E-state index contributed by atoms with van der Waals surface area (Å²) in [7, 11) is -3.06. The summed E-state index contributed by atoms with van der Waals surface area (Å²) in [5.74, 6) is -0.893. The lowest BCUT2D eigenvalue weighted by Crippen LogP contribution is -2.32. The van der Waals surface area contributed by atoms with E-state index < -0.39 is 21.3 Å². The van der Waals surface area contributed by atoms with Gasteiger partial charge in [-0.15, -0.1) is 0 Å². The van der Waals surface area contributed by atoms with Gasteiger partial charge < -0.3 is 10.5 Å². The molecule has 0 fully saturated rings. The maximum Gasteiger partial charge on any atom is 0.283 e. The second kappa shape index (κ2) is 8.86. The van der Waals surface area contributed by atoms with E-state index in [1.165, 1.54) is 30.1 Å². The van der Waals surface area contributed by atoms with Crippen molar-refractivity contribution in [2.24, 2.45) is 0 Å². The van der Waals surface area contributed by atoms with Crippen molar-refractivity contribution in [3.05, 3.63) is 71.1 Å². The van der Waals surface area contributed by atoms with Crippen molar-refractivity contribution >= 4 is 44.1 Å². The van der Waals surface area contributed by atoms with Gasteiger partial charge in [0, 0.05) is 5.39 Å². The van der Waals surface area contributed by atoms with Gasteiger partial charge in [-0.25, -0.2) is 22.8 Å². The Morgan fingerprint density at radius 2 is 1.86 bits per heavy atom. The number of nitrogen functional groups attached to an aromatic ring is 1. The lowest BCUT2D eigenvalue weighted by Gasteiger charge is -2.23. The molecule has 9 nitrogen and oxygen atoms in total. The minimum Gasteiger partial charge on any atom is -0.493 e. The molecule has 2 aromatic carbocycles. The number of benzene rings is 2. The van der Waals surface area contributed by atoms with Gasteiger partial charge in [-0.3, -0.25) is 4.79 Å². The summed E-state index contributed by atoms with van der Waals surface area (Å²) in [6, 6.07) is 13.6. The molecule has 0 atom stereocenters. The monoisotopic (exact) mass is 513 g/mol. The van der Waals surface area contributed by atoms with E-state index in [-0.39, 0.29) is 27.2 Å². The molecule has 2 heterocycles. The molecule has 35 heavy (non-hydrogen) atoms. The van der Waals surface area contributed by atoms with E-state index in [1.54, 1.807) is 24.3 Å². The molecule has 0 radical (unpaired) electrons. The number of carbonyl (C=O) groups excluding carboxylic acids is 1. The summed E-state index contributed by atoms with van der Waals surface area (Å²) in [5.41, 5.74) is 7.12. The molecule has 0 bridgehead atoms. The van der Waals surface area contributed by atoms with Crippen molar-refractivity contribution in [3.63, 3.8) is 0 Å². The van der Waals surface area contributed by atoms with Crippen LogP contribution in [0.5, 0.6) is 5.75 Å². The van der Waals surface area contributed by atoms with Crippen molar-refractivity contribution in [2.75, 3.05) is 12.8 Å². The number of ether oxygens (including phenoxy) is 1. The molecule has 182 valence electrons. The van der Waals surface area contributed by atoms with E-state index in [0.717, 1.165) is 5.39 Å². The number of rotatable bonds is 5. The maximum atomic E-state index is 13.5. The lowest BCUT2D eigenvalue weighted by atomic mass is 9.86. The zero-order valence-electron chi connectivity index (χ0n) is 19.5. The second-order valence-corrected chi connectivity index (χ2v) is 10.9. The first-order chi connectivity index (χ1) is 16.4. The van der Waals surface area contributed by atoms with Gasteiger partial charge in [-0.1, -0.05) is 56.6 Å². The Kier molecular flexibility index (Phi) is 6.20. The highest BCUT2D eigenvalue weighted by molar-refractivity contribution is 7.90. The smallest absolute Gasteiger partial charge is 0.283 e. The van der Waals surface area contributed by atoms with Gasteiger partial charge in [-0.05, 0) is 35.2 Å². The molecule has 11 heteroatoms. The minimum atomic E-state index is -4.39. The van der Waals surface area contributed by atoms with E-state index in [0.29, 0.717) is 16.8 Å². The first-order valence-electron chi connectivity index (χ1n) is 10.6. The Labute approximate surface area is 207 Å². The van der Waals surface area contributed by atoms with Gasteiger partial charge in [0.2, 0.25) is 0 Å². The Balaban J connectivity index is 1.83. The highest BCUT2D eigenvalue weighted by atomic mass is 35.5. The van der Waals surface area contributed by atoms with Crippen LogP contribution in [-0.2, 0) is 15.4 Å². The molecule has 0 spiro atoms. The van der Waals surface area contributed by atoms with Gasteiger partial charge in [0.05, 0.1) is 24.5 Å². The molecular weight excluding hydrogens is 490 g/mol. The Bertz CT molecular complexity index is 1540. The predicted octanol–water partition coefficient (Wildman–Crippen LogP) is 4.08. The molecule has 0 aliphatic carbocycles. The third-order valence-corrected chi connectivity index (χ3v) is 7.03. The summed E-state index contributed by atoms with van der Waals surface area (Å²) in [5, 5.41) is 5.05. The van der Waals surface area contributed by atoms with E-state index in [4.69, 9.17) is 22.1 Å². The highest BCUT2D eigenvalue weighted by Crippen LogP contribution is 2.37. The quantitative estimate of drug-likeness (QED) is 0.411. The number of carbonyl (C=O) groups is 1. The molecule has 0 saturated carbocycles. The van der Waals surface area contributed by atoms with Gasteiger partial charge in [0.25, 0.3) is 15.9 Å². The van der Waals surface area contributed by atoms with Gasteiger partial charge in [0.15, 0.2) is 10.9 Å². The fraction of sp³-hybridized carbons (Fsp3) is 0.208. The van der Waals surface area contributed by atoms with Gasteiger partial charge in [-0.2, -0.15) is 5.10 Å². The molecular formula is C24H24ClN5O4S. The summed E-state index contributed by atoms with van der Waals surface area (Å²) in [6.07, 6.45) is 1.46. The van der Waals surface area contributed by atoms with Crippen LogP contribution in [0.3, 0.4) is 0 Å². The number of amides is 1. The van der Waals surface area contributed by atoms with Crippen molar-refractivity contribution in [1.82, 2.24) is 19.5 Å². The number of methoxy groups -OCH3 is 1. The van der Waals surface area contributed by atoms with Crippen LogP contribution in [0.1, 0.15) is 36.8 Å². The van der Waals surface area contributed by atoms with Crippen LogP contribution in [0.15, 0.2) is 59.6 Å². The first kappa shape index (κ1) is 24.5. The van der Waals surface area contributed by atoms with Crippen molar-refractivity contribution in [2.45, 2.75) is 31.1 Å². The number of hydrogen-bond donors (Lipinski definition) is 2. The third-order valence-electron chi connectivity index (χ3n) is 5.39. The number of para-hydroxylation sites is 1. The number of pyridine rings is 1. The average molecular weight is 514 g/mol. The number of nitrogens with one attached hydrogen (secondary N) is 1. The van der Waals surface area contributed by atoms with Crippen LogP contribution in [0, 0.1) is 0 Å². The topological polar surface area (TPSA) is 129 Å². The van der Waals surface area contributed by atoms with Crippen LogP contribution in [0.2, 0.25) is 5.15 Å². The molecule has 1 amide bonds. The largest absolute Gasteiger partial charge is 0.493 e. The standard InChI is InChI=1S/C24H24ClN5O4S/c1-24(2,3)15-11-19(30-13-16(26)22(25)28-30)21(34-4)20(12-15)35(32,33)29-23(31)18-10-9-14-7-5-6-8-17(14)27-18/h5-13H,26H2,1-4H3,(H,29,31). The predicted molar refractivity (Wildman–Crippen MR) is 135 cm³/mol. The molecule has 3 N–H and O–H groups in total. The number of halogens is 1. The second-order valence-electron chi connectivity index (χ2n) is 8.92. The van der Waals surface area contributed by atoms with Crippen molar-refractivity contribution in [1.29, 1.82) is 0 Å². The van der Waals surface area contributed by atoms with Crippen LogP contribution >= 0.6 is 11.6 Å². The number of nitrogens with two attached hydrogens (primary N) is 1. The molecule has 0 aliphatic rings. The number of sulfonamides is 1. The molecule has 0 unspecified atom stereocenters. The van der Waals surface area contributed by atoms with Crippen LogP contribution < -0.4 is 15.2 Å². The number of aromatic nitrogens is 3. The van der Waals surface area contributed by atoms with E-state index in [2.05, 4.69) is 14.8 Å². The summed E-state index contributed by atoms with van der Waals surface area (Å²) < 4.78 is 35.9. The lowest BCUT2D eigenvalue weighted by molar-refractivity contribution is 0.0977. The van der Waals surface area contributed by atoms with Gasteiger partial charge in [0.1, 0.15) is 16.3 Å². The van der Waals surface area contributed by atoms with Crippen molar-refractivity contribution < 1.29 is 17.9 Å². The SMILES string of the molecule is COc1c(-n2cc(N)c(Cl)n2)cc(C(C)(C)C)cc1S(=O)(=O)NC(=O)c1ccc2ccccc2n1. The number of hydrogen-bond acceptors (Lipinski definition) is 7. The van der Waals surface area contributed by atoms with E-state index >= 15 is 0 Å². The molecule has 0 aliphatic heterocycles. The van der Waals surface area contributed by atoms with Crippen LogP contribution in [0.25, 0.3) is 16.6 Å². The maximum absolute atomic E-state index is 13.5. The minimum absolute atomic E-state index is 0.0241. The summed E-state index contributed by atoms with van der Waals surface area (Å²) in [6.45, 7) is 5.78. The third kappa shape index (κ3) is 4.80. The summed E-state index contributed by atoms with van der Waals surface area (Å²) in [4.78, 5) is 17.0. The van der Waals surface area contributed by atoms with Crippen molar-refractivity contribution in [3.8, 4) is 11.4 Å². The normalized spacial score (nSPS) is 12.0.